The number of methoxy groups -OCH3 is 1. The molecule has 134 valence electrons. The molecule has 9 nitrogen and oxygen atoms in total. The average Bonchev–Trinajstić information content (AvgIpc) is 3.23. The van der Waals surface area contributed by atoms with Gasteiger partial charge in [0.05, 0.1) is 18.8 Å². The van der Waals surface area contributed by atoms with Crippen molar-refractivity contribution < 1.29 is 14.3 Å². The molecule has 1 aliphatic heterocycles. The predicted octanol–water partition coefficient (Wildman–Crippen LogP) is 1.90. The molecule has 0 aliphatic carbocycles. The maximum Gasteiger partial charge on any atom is 0.294 e. The number of hydrogen-bond acceptors (Lipinski definition) is 7. The molecule has 3 heterocycles. The normalized spacial score (nSPS) is 15.1. The number of carbonyl (C=O) groups is 1. The number of rotatable bonds is 4. The molecule has 26 heavy (non-hydrogen) atoms. The van der Waals surface area contributed by atoms with Gasteiger partial charge in [-0.2, -0.15) is 5.10 Å². The van der Waals surface area contributed by atoms with E-state index in [0.717, 1.165) is 37.1 Å². The minimum absolute atomic E-state index is 0.106. The lowest BCUT2D eigenvalue weighted by molar-refractivity contribution is 0.0855. The summed E-state index contributed by atoms with van der Waals surface area (Å²) in [6, 6.07) is 3.93. The molecule has 1 aliphatic rings. The highest BCUT2D eigenvalue weighted by atomic mass is 16.5. The minimum Gasteiger partial charge on any atom is -0.494 e. The highest BCUT2D eigenvalue weighted by Crippen LogP contribution is 2.35. The van der Waals surface area contributed by atoms with Crippen LogP contribution in [0.3, 0.4) is 0 Å². The molecule has 9 heteroatoms. The molecule has 1 fully saturated rings. The zero-order valence-corrected chi connectivity index (χ0v) is 14.2. The quantitative estimate of drug-likeness (QED) is 0.735. The summed E-state index contributed by atoms with van der Waals surface area (Å²) in [4.78, 5) is 25.0. The summed E-state index contributed by atoms with van der Waals surface area (Å²) in [5.74, 6) is 0.979. The molecular formula is C17H18N6O3. The third kappa shape index (κ3) is 3.08. The average molecular weight is 354 g/mol. The molecule has 0 unspecified atom stereocenters. The molecule has 3 aromatic rings. The smallest absolute Gasteiger partial charge is 0.294 e. The number of H-pyrrole nitrogens is 1. The molecule has 0 saturated carbocycles. The first kappa shape index (κ1) is 16.4. The Morgan fingerprint density at radius 1 is 1.27 bits per heavy atom. The van der Waals surface area contributed by atoms with Crippen LogP contribution in [0, 0.1) is 0 Å². The summed E-state index contributed by atoms with van der Waals surface area (Å²) in [6.07, 6.45) is 4.71. The lowest BCUT2D eigenvalue weighted by Crippen LogP contribution is -2.16. The number of nitrogens with zero attached hydrogens (tertiary/aromatic N) is 4. The van der Waals surface area contributed by atoms with E-state index in [9.17, 15) is 4.79 Å². The minimum atomic E-state index is -0.435. The molecule has 0 bridgehead atoms. The maximum atomic E-state index is 12.1. The van der Waals surface area contributed by atoms with Crippen LogP contribution < -0.4 is 10.1 Å². The van der Waals surface area contributed by atoms with Crippen molar-refractivity contribution in [1.82, 2.24) is 25.1 Å². The van der Waals surface area contributed by atoms with Crippen molar-refractivity contribution >= 4 is 22.8 Å². The Labute approximate surface area is 149 Å². The first-order valence-electron chi connectivity index (χ1n) is 8.34. The molecule has 0 atom stereocenters. The number of nitrogens with one attached hydrogen (secondary N) is 2. The lowest BCUT2D eigenvalue weighted by Gasteiger charge is -2.23. The van der Waals surface area contributed by atoms with E-state index < -0.39 is 5.91 Å². The highest BCUT2D eigenvalue weighted by Gasteiger charge is 2.21. The van der Waals surface area contributed by atoms with E-state index in [1.807, 2.05) is 12.1 Å². The fraction of sp³-hybridized carbons (Fsp3) is 0.353. The first-order valence-corrected chi connectivity index (χ1v) is 8.34. The number of amides is 1. The molecular weight excluding hydrogens is 336 g/mol. The van der Waals surface area contributed by atoms with Gasteiger partial charge in [-0.05, 0) is 30.4 Å². The van der Waals surface area contributed by atoms with Gasteiger partial charge in [-0.25, -0.2) is 9.97 Å². The van der Waals surface area contributed by atoms with Crippen molar-refractivity contribution in [2.24, 2.45) is 0 Å². The highest BCUT2D eigenvalue weighted by molar-refractivity contribution is 6.01. The standard InChI is InChI=1S/C17H18N6O3/c1-25-12-3-2-11(10-4-6-26-7-5-10)14-15(12)21-13(8-18-14)22-17(24)16-19-9-20-23-16/h2-3,8-10H,4-7H2,1H3,(H,19,20,23)(H,21,22,24). The Hall–Kier alpha value is -3.07. The van der Waals surface area contributed by atoms with Crippen LogP contribution in [0.25, 0.3) is 11.0 Å². The third-order valence-electron chi connectivity index (χ3n) is 4.45. The molecule has 1 saturated heterocycles. The molecule has 2 N–H and O–H groups in total. The maximum absolute atomic E-state index is 12.1. The van der Waals surface area contributed by atoms with Gasteiger partial charge in [-0.3, -0.25) is 14.9 Å². The zero-order chi connectivity index (χ0) is 17.9. The van der Waals surface area contributed by atoms with Crippen molar-refractivity contribution in [3.05, 3.63) is 36.0 Å². The van der Waals surface area contributed by atoms with Crippen LogP contribution in [0.2, 0.25) is 0 Å². The predicted molar refractivity (Wildman–Crippen MR) is 93.2 cm³/mol. The van der Waals surface area contributed by atoms with E-state index in [1.165, 1.54) is 6.33 Å². The largest absolute Gasteiger partial charge is 0.494 e. The summed E-state index contributed by atoms with van der Waals surface area (Å²) in [6.45, 7) is 1.49. The molecule has 4 rings (SSSR count). The van der Waals surface area contributed by atoms with E-state index >= 15 is 0 Å². The van der Waals surface area contributed by atoms with Crippen molar-refractivity contribution in [1.29, 1.82) is 0 Å². The second-order valence-corrected chi connectivity index (χ2v) is 5.98. The fourth-order valence-electron chi connectivity index (χ4n) is 3.15. The topological polar surface area (TPSA) is 115 Å². The van der Waals surface area contributed by atoms with Crippen molar-refractivity contribution in [2.75, 3.05) is 25.6 Å². The second-order valence-electron chi connectivity index (χ2n) is 5.98. The Kier molecular flexibility index (Phi) is 4.44. The number of aromatic nitrogens is 5. The van der Waals surface area contributed by atoms with Crippen LogP contribution in [-0.2, 0) is 4.74 Å². The van der Waals surface area contributed by atoms with E-state index in [1.54, 1.807) is 13.3 Å². The van der Waals surface area contributed by atoms with E-state index in [-0.39, 0.29) is 5.82 Å². The molecule has 1 amide bonds. The van der Waals surface area contributed by atoms with Crippen molar-refractivity contribution in [2.45, 2.75) is 18.8 Å². The number of carbonyl (C=O) groups excluding carboxylic acids is 1. The zero-order valence-electron chi connectivity index (χ0n) is 14.2. The van der Waals surface area contributed by atoms with Crippen molar-refractivity contribution in [3.63, 3.8) is 0 Å². The van der Waals surface area contributed by atoms with Gasteiger partial charge < -0.3 is 14.8 Å². The third-order valence-corrected chi connectivity index (χ3v) is 4.45. The van der Waals surface area contributed by atoms with Gasteiger partial charge in [0, 0.05) is 13.2 Å². The Balaban J connectivity index is 1.70. The lowest BCUT2D eigenvalue weighted by atomic mass is 9.90. The van der Waals surface area contributed by atoms with Crippen LogP contribution in [0.1, 0.15) is 34.9 Å². The van der Waals surface area contributed by atoms with Crippen LogP contribution in [0.15, 0.2) is 24.7 Å². The number of fused-ring (bicyclic) bond motifs is 1. The number of benzene rings is 1. The summed E-state index contributed by atoms with van der Waals surface area (Å²) in [5.41, 5.74) is 2.53. The van der Waals surface area contributed by atoms with Crippen LogP contribution in [0.5, 0.6) is 5.75 Å². The van der Waals surface area contributed by atoms with Crippen LogP contribution >= 0.6 is 0 Å². The summed E-state index contributed by atoms with van der Waals surface area (Å²) < 4.78 is 10.9. The Morgan fingerprint density at radius 2 is 2.12 bits per heavy atom. The second kappa shape index (κ2) is 7.04. The summed E-state index contributed by atoms with van der Waals surface area (Å²) in [5, 5.41) is 8.84. The first-order chi connectivity index (χ1) is 12.8. The molecule has 2 aromatic heterocycles. The van der Waals surface area contributed by atoms with Gasteiger partial charge in [0.1, 0.15) is 17.6 Å². The van der Waals surface area contributed by atoms with Gasteiger partial charge in [0.2, 0.25) is 5.82 Å². The van der Waals surface area contributed by atoms with Gasteiger partial charge in [-0.1, -0.05) is 6.07 Å². The summed E-state index contributed by atoms with van der Waals surface area (Å²) in [7, 11) is 1.59. The van der Waals surface area contributed by atoms with E-state index in [2.05, 4.69) is 30.5 Å². The van der Waals surface area contributed by atoms with Gasteiger partial charge >= 0.3 is 0 Å². The molecule has 0 radical (unpaired) electrons. The van der Waals surface area contributed by atoms with Gasteiger partial charge in [0.25, 0.3) is 5.91 Å². The van der Waals surface area contributed by atoms with Crippen molar-refractivity contribution in [3.8, 4) is 5.75 Å². The van der Waals surface area contributed by atoms with E-state index in [0.29, 0.717) is 23.0 Å². The Bertz CT molecular complexity index is 922. The SMILES string of the molecule is COc1ccc(C2CCOCC2)c2ncc(NC(=O)c3ncn[nH]3)nc12. The number of ether oxygens (including phenoxy) is 2. The number of anilines is 1. The number of hydrogen-bond donors (Lipinski definition) is 2. The van der Waals surface area contributed by atoms with E-state index in [4.69, 9.17) is 9.47 Å². The Morgan fingerprint density at radius 3 is 2.85 bits per heavy atom. The van der Waals surface area contributed by atoms with Crippen LogP contribution in [0.4, 0.5) is 5.82 Å². The monoisotopic (exact) mass is 354 g/mol. The van der Waals surface area contributed by atoms with Crippen LogP contribution in [-0.4, -0.2) is 51.4 Å². The van der Waals surface area contributed by atoms with Gasteiger partial charge in [0.15, 0.2) is 5.82 Å². The molecule has 0 spiro atoms. The summed E-state index contributed by atoms with van der Waals surface area (Å²) >= 11 is 0. The molecule has 1 aromatic carbocycles. The van der Waals surface area contributed by atoms with Gasteiger partial charge in [-0.15, -0.1) is 0 Å². The fourth-order valence-corrected chi connectivity index (χ4v) is 3.15. The number of aromatic amines is 1.